The molecule has 48 valence electrons. The van der Waals surface area contributed by atoms with Gasteiger partial charge >= 0.3 is 5.97 Å². The second-order valence-corrected chi connectivity index (χ2v) is 1.27. The molecule has 0 saturated heterocycles. The van der Waals surface area contributed by atoms with Crippen molar-refractivity contribution in [3.8, 4) is 0 Å². The highest BCUT2D eigenvalue weighted by molar-refractivity contribution is 5.84. The first-order chi connectivity index (χ1) is 4.22. The second-order valence-electron chi connectivity index (χ2n) is 1.27. The molecule has 0 fully saturated rings. The maximum atomic E-state index is 12.0. The van der Waals surface area contributed by atoms with Crippen LogP contribution in [0.3, 0.4) is 0 Å². The maximum absolute atomic E-state index is 12.0. The number of aromatic carboxylic acids is 1. The average molecular weight is 131 g/mol. The number of H-pyrrole nitrogens is 1. The fourth-order valence-corrected chi connectivity index (χ4v) is 0.354. The Balaban J connectivity index is 3.08. The van der Waals surface area contributed by atoms with Crippen LogP contribution in [0.4, 0.5) is 4.39 Å². The van der Waals surface area contributed by atoms with Gasteiger partial charge in [0, 0.05) is 0 Å². The molecule has 0 radical (unpaired) electrons. The Morgan fingerprint density at radius 1 is 1.67 bits per heavy atom. The van der Waals surface area contributed by atoms with Gasteiger partial charge in [-0.3, -0.25) is 0 Å². The monoisotopic (exact) mass is 131 g/mol. The highest BCUT2D eigenvalue weighted by Gasteiger charge is 2.13. The zero-order valence-corrected chi connectivity index (χ0v) is 4.13. The van der Waals surface area contributed by atoms with Crippen LogP contribution in [0.5, 0.6) is 0 Å². The van der Waals surface area contributed by atoms with Gasteiger partial charge in [0.25, 0.3) is 5.95 Å². The van der Waals surface area contributed by atoms with Crippen LogP contribution in [0.1, 0.15) is 10.5 Å². The summed E-state index contributed by atoms with van der Waals surface area (Å²) in [6.45, 7) is 0. The predicted octanol–water partition coefficient (Wildman–Crippen LogP) is -0.358. The van der Waals surface area contributed by atoms with Crippen molar-refractivity contribution in [2.45, 2.75) is 0 Å². The second kappa shape index (κ2) is 1.81. The Morgan fingerprint density at radius 2 is 2.33 bits per heavy atom. The van der Waals surface area contributed by atoms with E-state index in [1.165, 1.54) is 0 Å². The Morgan fingerprint density at radius 3 is 2.56 bits per heavy atom. The number of rotatable bonds is 1. The van der Waals surface area contributed by atoms with Gasteiger partial charge in [0.1, 0.15) is 0 Å². The molecule has 5 nitrogen and oxygen atoms in total. The maximum Gasteiger partial charge on any atom is 0.361 e. The molecule has 1 aromatic heterocycles. The number of nitrogens with zero attached hydrogens (tertiary/aromatic N) is 2. The van der Waals surface area contributed by atoms with Gasteiger partial charge in [0.15, 0.2) is 0 Å². The van der Waals surface area contributed by atoms with Gasteiger partial charge in [-0.05, 0) is 0 Å². The van der Waals surface area contributed by atoms with Gasteiger partial charge in [-0.2, -0.15) is 9.60 Å². The lowest BCUT2D eigenvalue weighted by Gasteiger charge is -1.78. The van der Waals surface area contributed by atoms with E-state index in [9.17, 15) is 9.18 Å². The summed E-state index contributed by atoms with van der Waals surface area (Å²) in [7, 11) is 0. The number of nitrogens with one attached hydrogen (secondary N) is 1. The van der Waals surface area contributed by atoms with Crippen LogP contribution in [-0.2, 0) is 0 Å². The largest absolute Gasteiger partial charge is 0.476 e. The summed E-state index contributed by atoms with van der Waals surface area (Å²) in [5, 5.41) is 15.8. The number of carboxylic acids is 1. The van der Waals surface area contributed by atoms with Crippen LogP contribution in [0.2, 0.25) is 0 Å². The smallest absolute Gasteiger partial charge is 0.361 e. The summed E-state index contributed by atoms with van der Waals surface area (Å²) in [6, 6.07) is 0. The Bertz CT molecular complexity index is 233. The molecule has 0 saturated carbocycles. The topological polar surface area (TPSA) is 78.9 Å². The van der Waals surface area contributed by atoms with E-state index in [2.05, 4.69) is 10.2 Å². The van der Waals surface area contributed by atoms with Gasteiger partial charge in [0.2, 0.25) is 5.69 Å². The first kappa shape index (κ1) is 5.67. The van der Waals surface area contributed by atoms with E-state index in [-0.39, 0.29) is 0 Å². The van der Waals surface area contributed by atoms with Crippen molar-refractivity contribution in [1.29, 1.82) is 0 Å². The number of carbonyl (C=O) groups is 1. The van der Waals surface area contributed by atoms with E-state index in [1.807, 2.05) is 5.21 Å². The molecule has 0 aliphatic carbocycles. The number of hydrogen-bond donors (Lipinski definition) is 2. The minimum absolute atomic E-state index is 0.685. The summed E-state index contributed by atoms with van der Waals surface area (Å²) in [6.07, 6.45) is 0. The van der Waals surface area contributed by atoms with Crippen LogP contribution in [0.15, 0.2) is 0 Å². The van der Waals surface area contributed by atoms with E-state index < -0.39 is 17.6 Å². The molecule has 0 unspecified atom stereocenters. The number of aromatic nitrogens is 3. The van der Waals surface area contributed by atoms with Crippen LogP contribution in [0, 0.1) is 5.95 Å². The van der Waals surface area contributed by atoms with Crippen molar-refractivity contribution in [3.05, 3.63) is 11.6 Å². The molecule has 1 heterocycles. The fourth-order valence-electron chi connectivity index (χ4n) is 0.354. The molecule has 2 N–H and O–H groups in total. The van der Waals surface area contributed by atoms with Crippen LogP contribution >= 0.6 is 0 Å². The molecule has 0 aromatic carbocycles. The lowest BCUT2D eigenvalue weighted by molar-refractivity contribution is 0.0685. The third-order valence-corrected chi connectivity index (χ3v) is 0.708. The van der Waals surface area contributed by atoms with Gasteiger partial charge in [-0.15, -0.1) is 10.2 Å². The third kappa shape index (κ3) is 0.857. The summed E-state index contributed by atoms with van der Waals surface area (Å²) in [4.78, 5) is 9.92. The zero-order chi connectivity index (χ0) is 6.85. The average Bonchev–Trinajstić information content (AvgIpc) is 2.13. The van der Waals surface area contributed by atoms with Crippen molar-refractivity contribution in [2.24, 2.45) is 0 Å². The number of carboxylic acid groups (broad SMARTS) is 1. The number of aromatic amines is 1. The SMILES string of the molecule is O=C(O)c1n[nH]nc1F. The van der Waals surface area contributed by atoms with Gasteiger partial charge in [-0.25, -0.2) is 4.79 Å². The molecule has 0 amide bonds. The predicted molar refractivity (Wildman–Crippen MR) is 23.3 cm³/mol. The molecule has 1 rings (SSSR count). The summed E-state index contributed by atoms with van der Waals surface area (Å²) in [5.74, 6) is -2.52. The van der Waals surface area contributed by atoms with E-state index in [1.54, 1.807) is 0 Å². The van der Waals surface area contributed by atoms with E-state index in [0.29, 0.717) is 0 Å². The van der Waals surface area contributed by atoms with E-state index >= 15 is 0 Å². The molecule has 0 aliphatic heterocycles. The zero-order valence-electron chi connectivity index (χ0n) is 4.13. The summed E-state index contributed by atoms with van der Waals surface area (Å²) < 4.78 is 12.0. The summed E-state index contributed by atoms with van der Waals surface area (Å²) >= 11 is 0. The molecule has 1 aromatic rings. The van der Waals surface area contributed by atoms with Gasteiger partial charge in [0.05, 0.1) is 0 Å². The minimum atomic E-state index is -1.43. The molecule has 9 heavy (non-hydrogen) atoms. The number of hydrogen-bond acceptors (Lipinski definition) is 3. The van der Waals surface area contributed by atoms with Gasteiger partial charge < -0.3 is 5.11 Å². The van der Waals surface area contributed by atoms with E-state index in [0.717, 1.165) is 0 Å². The first-order valence-electron chi connectivity index (χ1n) is 2.01. The van der Waals surface area contributed by atoms with Crippen molar-refractivity contribution < 1.29 is 14.3 Å². The molecular formula is C3H2FN3O2. The Labute approximate surface area is 48.5 Å². The molecule has 0 bridgehead atoms. The van der Waals surface area contributed by atoms with Crippen LogP contribution in [-0.4, -0.2) is 26.5 Å². The Kier molecular flexibility index (Phi) is 1.14. The Hall–Kier alpha value is -1.46. The normalized spacial score (nSPS) is 9.44. The molecule has 0 aliphatic rings. The van der Waals surface area contributed by atoms with Crippen LogP contribution < -0.4 is 0 Å². The lowest BCUT2D eigenvalue weighted by atomic mass is 10.5. The van der Waals surface area contributed by atoms with Crippen molar-refractivity contribution in [3.63, 3.8) is 0 Å². The highest BCUT2D eigenvalue weighted by atomic mass is 19.1. The van der Waals surface area contributed by atoms with Crippen molar-refractivity contribution in [2.75, 3.05) is 0 Å². The highest BCUT2D eigenvalue weighted by Crippen LogP contribution is 1.95. The molecule has 0 atom stereocenters. The van der Waals surface area contributed by atoms with Crippen molar-refractivity contribution in [1.82, 2.24) is 15.4 Å². The molecule has 6 heteroatoms. The van der Waals surface area contributed by atoms with Crippen molar-refractivity contribution >= 4 is 5.97 Å². The summed E-state index contributed by atoms with van der Waals surface area (Å²) in [5.41, 5.74) is -0.685. The fraction of sp³-hybridized carbons (Fsp3) is 0. The number of halogens is 1. The standard InChI is InChI=1S/C3H2FN3O2/c4-2-1(3(8)9)5-7-6-2/h(H,8,9)(H,5,6,7). The van der Waals surface area contributed by atoms with E-state index in [4.69, 9.17) is 5.11 Å². The minimum Gasteiger partial charge on any atom is -0.476 e. The van der Waals surface area contributed by atoms with Crippen LogP contribution in [0.25, 0.3) is 0 Å². The third-order valence-electron chi connectivity index (χ3n) is 0.708. The quantitative estimate of drug-likeness (QED) is 0.545. The first-order valence-corrected chi connectivity index (χ1v) is 2.01. The molecular weight excluding hydrogens is 129 g/mol. The van der Waals surface area contributed by atoms with Gasteiger partial charge in [-0.1, -0.05) is 0 Å². The molecule has 0 spiro atoms. The lowest BCUT2D eigenvalue weighted by Crippen LogP contribution is -1.99.